The minimum atomic E-state index is 0.0453. The van der Waals surface area contributed by atoms with Crippen LogP contribution in [0.3, 0.4) is 0 Å². The van der Waals surface area contributed by atoms with Gasteiger partial charge in [-0.1, -0.05) is 42.5 Å². The molecule has 0 radical (unpaired) electrons. The first kappa shape index (κ1) is 15.6. The Bertz CT molecular complexity index is 569. The van der Waals surface area contributed by atoms with Crippen LogP contribution in [-0.2, 0) is 17.9 Å². The Morgan fingerprint density at radius 2 is 1.71 bits per heavy atom. The van der Waals surface area contributed by atoms with E-state index in [4.69, 9.17) is 5.11 Å². The smallest absolute Gasteiger partial charge is 0.232 e. The van der Waals surface area contributed by atoms with E-state index < -0.39 is 0 Å². The van der Waals surface area contributed by atoms with Gasteiger partial charge in [-0.05, 0) is 23.3 Å². The fourth-order valence-corrected chi connectivity index (χ4v) is 2.73. The van der Waals surface area contributed by atoms with Crippen LogP contribution in [0, 0.1) is 0 Å². The Balaban J connectivity index is 1.83. The topological polar surface area (TPSA) is 40.5 Å². The van der Waals surface area contributed by atoms with E-state index in [9.17, 15) is 4.79 Å². The molecule has 4 heteroatoms. The van der Waals surface area contributed by atoms with E-state index in [1.54, 1.807) is 4.90 Å². The molecule has 0 aliphatic heterocycles. The summed E-state index contributed by atoms with van der Waals surface area (Å²) in [6.45, 7) is 0.674. The van der Waals surface area contributed by atoms with Crippen molar-refractivity contribution in [2.75, 3.05) is 12.8 Å². The molecular weight excluding hydrogens is 282 g/mol. The summed E-state index contributed by atoms with van der Waals surface area (Å²) in [7, 11) is 1.82. The highest BCUT2D eigenvalue weighted by Gasteiger charge is 2.09. The molecule has 0 bridgehead atoms. The first-order chi connectivity index (χ1) is 10.2. The van der Waals surface area contributed by atoms with Gasteiger partial charge in [0.05, 0.1) is 12.4 Å². The maximum Gasteiger partial charge on any atom is 0.232 e. The van der Waals surface area contributed by atoms with Gasteiger partial charge in [0.2, 0.25) is 5.91 Å². The van der Waals surface area contributed by atoms with Gasteiger partial charge >= 0.3 is 0 Å². The molecule has 21 heavy (non-hydrogen) atoms. The molecule has 0 atom stereocenters. The van der Waals surface area contributed by atoms with Crippen molar-refractivity contribution in [2.24, 2.45) is 0 Å². The molecule has 0 aliphatic rings. The first-order valence-corrected chi connectivity index (χ1v) is 7.78. The fraction of sp³-hybridized carbons (Fsp3) is 0.235. The lowest BCUT2D eigenvalue weighted by molar-refractivity contribution is -0.127. The molecule has 2 aromatic rings. The van der Waals surface area contributed by atoms with Crippen molar-refractivity contribution in [1.82, 2.24) is 4.90 Å². The monoisotopic (exact) mass is 301 g/mol. The number of amides is 1. The Morgan fingerprint density at radius 3 is 2.33 bits per heavy atom. The van der Waals surface area contributed by atoms with E-state index in [2.05, 4.69) is 0 Å². The quantitative estimate of drug-likeness (QED) is 0.834. The highest BCUT2D eigenvalue weighted by Crippen LogP contribution is 2.19. The van der Waals surface area contributed by atoms with Crippen LogP contribution in [0.1, 0.15) is 11.1 Å². The minimum absolute atomic E-state index is 0.0453. The van der Waals surface area contributed by atoms with Gasteiger partial charge in [0.25, 0.3) is 0 Å². The van der Waals surface area contributed by atoms with Crippen molar-refractivity contribution in [3.8, 4) is 0 Å². The molecule has 2 aromatic carbocycles. The maximum atomic E-state index is 12.1. The molecule has 0 heterocycles. The van der Waals surface area contributed by atoms with Gasteiger partial charge in [0, 0.05) is 18.5 Å². The Labute approximate surface area is 129 Å². The lowest BCUT2D eigenvalue weighted by atomic mass is 10.2. The minimum Gasteiger partial charge on any atom is -0.392 e. The normalized spacial score (nSPS) is 10.4. The standard InChI is InChI=1S/C17H19NO2S/c1-18(11-14-5-3-2-4-6-14)17(20)13-21-16-9-7-15(12-19)8-10-16/h2-10,19H,11-13H2,1H3. The number of aliphatic hydroxyl groups is 1. The zero-order valence-electron chi connectivity index (χ0n) is 12.0. The SMILES string of the molecule is CN(Cc1ccccc1)C(=O)CSc1ccc(CO)cc1. The van der Waals surface area contributed by atoms with Gasteiger partial charge in [-0.15, -0.1) is 11.8 Å². The van der Waals surface area contributed by atoms with Gasteiger partial charge in [0.15, 0.2) is 0 Å². The molecule has 1 amide bonds. The van der Waals surface area contributed by atoms with E-state index in [-0.39, 0.29) is 12.5 Å². The largest absolute Gasteiger partial charge is 0.392 e. The summed E-state index contributed by atoms with van der Waals surface area (Å²) in [6, 6.07) is 17.6. The average molecular weight is 301 g/mol. The van der Waals surface area contributed by atoms with Crippen LogP contribution >= 0.6 is 11.8 Å². The lowest BCUT2D eigenvalue weighted by Gasteiger charge is -2.17. The Kier molecular flexibility index (Phi) is 5.84. The summed E-state index contributed by atoms with van der Waals surface area (Å²) >= 11 is 1.51. The number of thioether (sulfide) groups is 1. The number of benzene rings is 2. The van der Waals surface area contributed by atoms with Crippen LogP contribution < -0.4 is 0 Å². The molecule has 0 saturated carbocycles. The summed E-state index contributed by atoms with van der Waals surface area (Å²) in [5.41, 5.74) is 2.01. The van der Waals surface area contributed by atoms with E-state index in [1.807, 2.05) is 61.6 Å². The number of hydrogen-bond acceptors (Lipinski definition) is 3. The Morgan fingerprint density at radius 1 is 1.05 bits per heavy atom. The van der Waals surface area contributed by atoms with E-state index >= 15 is 0 Å². The van der Waals surface area contributed by atoms with Crippen LogP contribution in [0.4, 0.5) is 0 Å². The second-order valence-corrected chi connectivity index (χ2v) is 5.87. The van der Waals surface area contributed by atoms with Crippen LogP contribution in [0.25, 0.3) is 0 Å². The highest BCUT2D eigenvalue weighted by atomic mass is 32.2. The fourth-order valence-electron chi connectivity index (χ4n) is 1.89. The van der Waals surface area contributed by atoms with Crippen LogP contribution in [0.15, 0.2) is 59.5 Å². The number of carbonyl (C=O) groups is 1. The first-order valence-electron chi connectivity index (χ1n) is 6.79. The third kappa shape index (κ3) is 4.92. The molecule has 0 fully saturated rings. The highest BCUT2D eigenvalue weighted by molar-refractivity contribution is 8.00. The van der Waals surface area contributed by atoms with Crippen molar-refractivity contribution >= 4 is 17.7 Å². The molecule has 0 spiro atoms. The maximum absolute atomic E-state index is 12.1. The van der Waals surface area contributed by atoms with Gasteiger partial charge in [-0.25, -0.2) is 0 Å². The molecule has 3 nitrogen and oxygen atoms in total. The van der Waals surface area contributed by atoms with Crippen LogP contribution in [-0.4, -0.2) is 28.7 Å². The number of nitrogens with zero attached hydrogens (tertiary/aromatic N) is 1. The molecule has 0 saturated heterocycles. The predicted molar refractivity (Wildman–Crippen MR) is 86.0 cm³/mol. The zero-order chi connectivity index (χ0) is 15.1. The zero-order valence-corrected chi connectivity index (χ0v) is 12.8. The van der Waals surface area contributed by atoms with Gasteiger partial charge in [-0.3, -0.25) is 4.79 Å². The number of aliphatic hydroxyl groups excluding tert-OH is 1. The molecule has 2 rings (SSSR count). The number of hydrogen-bond donors (Lipinski definition) is 1. The van der Waals surface area contributed by atoms with Crippen LogP contribution in [0.5, 0.6) is 0 Å². The van der Waals surface area contributed by atoms with Crippen molar-refractivity contribution < 1.29 is 9.90 Å². The summed E-state index contributed by atoms with van der Waals surface area (Å²) in [5.74, 6) is 0.525. The van der Waals surface area contributed by atoms with Gasteiger partial charge in [0.1, 0.15) is 0 Å². The third-order valence-corrected chi connectivity index (χ3v) is 4.15. The second kappa shape index (κ2) is 7.86. The third-order valence-electron chi connectivity index (χ3n) is 3.16. The summed E-state index contributed by atoms with van der Waals surface area (Å²) in [6.07, 6.45) is 0. The average Bonchev–Trinajstić information content (AvgIpc) is 2.54. The molecule has 110 valence electrons. The van der Waals surface area contributed by atoms with E-state index in [1.165, 1.54) is 11.8 Å². The van der Waals surface area contributed by atoms with Crippen molar-refractivity contribution in [3.05, 3.63) is 65.7 Å². The predicted octanol–water partition coefficient (Wildman–Crippen LogP) is 2.93. The van der Waals surface area contributed by atoms with Crippen LogP contribution in [0.2, 0.25) is 0 Å². The van der Waals surface area contributed by atoms with Crippen molar-refractivity contribution in [1.29, 1.82) is 0 Å². The molecule has 1 N–H and O–H groups in total. The van der Waals surface area contributed by atoms with Crippen molar-refractivity contribution in [3.63, 3.8) is 0 Å². The lowest BCUT2D eigenvalue weighted by Crippen LogP contribution is -2.27. The van der Waals surface area contributed by atoms with Gasteiger partial charge in [-0.2, -0.15) is 0 Å². The molecule has 0 aromatic heterocycles. The molecule has 0 aliphatic carbocycles. The summed E-state index contributed by atoms with van der Waals surface area (Å²) in [4.78, 5) is 14.9. The second-order valence-electron chi connectivity index (χ2n) is 4.83. The Hall–Kier alpha value is -1.78. The number of carbonyl (C=O) groups excluding carboxylic acids is 1. The van der Waals surface area contributed by atoms with Gasteiger partial charge < -0.3 is 10.0 Å². The van der Waals surface area contributed by atoms with Crippen molar-refractivity contribution in [2.45, 2.75) is 18.0 Å². The van der Waals surface area contributed by atoms with E-state index in [0.717, 1.165) is 16.0 Å². The summed E-state index contributed by atoms with van der Waals surface area (Å²) < 4.78 is 0. The van der Waals surface area contributed by atoms with E-state index in [0.29, 0.717) is 12.3 Å². The molecular formula is C17H19NO2S. The molecule has 0 unspecified atom stereocenters. The number of rotatable bonds is 6. The summed E-state index contributed by atoms with van der Waals surface area (Å²) in [5, 5.41) is 8.99.